The van der Waals surface area contributed by atoms with Gasteiger partial charge in [-0.2, -0.15) is 0 Å². The van der Waals surface area contributed by atoms with Gasteiger partial charge in [-0.15, -0.1) is 0 Å². The summed E-state index contributed by atoms with van der Waals surface area (Å²) >= 11 is 0. The summed E-state index contributed by atoms with van der Waals surface area (Å²) in [7, 11) is -1.88. The van der Waals surface area contributed by atoms with Crippen molar-refractivity contribution < 1.29 is 17.9 Å². The molecule has 0 spiro atoms. The first kappa shape index (κ1) is 14.4. The van der Waals surface area contributed by atoms with Crippen molar-refractivity contribution in [3.8, 4) is 0 Å². The van der Waals surface area contributed by atoms with Crippen LogP contribution in [0.2, 0.25) is 0 Å². The van der Waals surface area contributed by atoms with Gasteiger partial charge in [-0.25, -0.2) is 8.42 Å². The molecule has 2 unspecified atom stereocenters. The molecule has 0 rings (SSSR count). The van der Waals surface area contributed by atoms with Gasteiger partial charge in [0.25, 0.3) is 0 Å². The number of carbonyl (C=O) groups is 1. The summed E-state index contributed by atoms with van der Waals surface area (Å²) in [6.45, 7) is 5.41. The number of hydrogen-bond acceptors (Lipinski definition) is 4. The van der Waals surface area contributed by atoms with E-state index in [-0.39, 0.29) is 17.4 Å². The summed E-state index contributed by atoms with van der Waals surface area (Å²) < 4.78 is 27.7. The largest absolute Gasteiger partial charge is 0.469 e. The van der Waals surface area contributed by atoms with Crippen molar-refractivity contribution in [1.82, 2.24) is 0 Å². The highest BCUT2D eigenvalue weighted by Gasteiger charge is 2.23. The molecule has 0 radical (unpaired) electrons. The molecule has 0 heterocycles. The topological polar surface area (TPSA) is 60.4 Å². The number of ether oxygens (including phenoxy) is 1. The van der Waals surface area contributed by atoms with Crippen molar-refractivity contribution in [2.24, 2.45) is 11.8 Å². The Kier molecular flexibility index (Phi) is 5.87. The van der Waals surface area contributed by atoms with Gasteiger partial charge in [0.05, 0.1) is 24.5 Å². The molecule has 0 aromatic rings. The highest BCUT2D eigenvalue weighted by atomic mass is 32.2. The van der Waals surface area contributed by atoms with E-state index < -0.39 is 21.7 Å². The molecule has 0 aromatic carbocycles. The van der Waals surface area contributed by atoms with Crippen LogP contribution in [0.1, 0.15) is 27.2 Å². The quantitative estimate of drug-likeness (QED) is 0.651. The van der Waals surface area contributed by atoms with Crippen LogP contribution in [-0.4, -0.2) is 33.0 Å². The monoisotopic (exact) mass is 236 g/mol. The summed E-state index contributed by atoms with van der Waals surface area (Å²) in [5.41, 5.74) is 0. The molecule has 90 valence electrons. The lowest BCUT2D eigenvalue weighted by molar-refractivity contribution is -0.144. The van der Waals surface area contributed by atoms with Gasteiger partial charge >= 0.3 is 5.97 Å². The zero-order chi connectivity index (χ0) is 12.1. The number of esters is 1. The minimum atomic E-state index is -3.15. The molecule has 0 aliphatic rings. The predicted octanol–water partition coefficient (Wildman–Crippen LogP) is 1.26. The van der Waals surface area contributed by atoms with Gasteiger partial charge in [0.15, 0.2) is 9.84 Å². The Labute approximate surface area is 91.9 Å². The SMILES string of the molecule is CCC(C)CS(=O)(=O)CC(C)C(=O)OC. The third-order valence-corrected chi connectivity index (χ3v) is 4.43. The van der Waals surface area contributed by atoms with E-state index in [0.29, 0.717) is 0 Å². The van der Waals surface area contributed by atoms with Gasteiger partial charge in [0.2, 0.25) is 0 Å². The maximum Gasteiger partial charge on any atom is 0.309 e. The number of rotatable bonds is 6. The number of methoxy groups -OCH3 is 1. The second-order valence-electron chi connectivity index (χ2n) is 4.01. The van der Waals surface area contributed by atoms with Gasteiger partial charge in [-0.05, 0) is 5.92 Å². The van der Waals surface area contributed by atoms with E-state index in [1.54, 1.807) is 6.92 Å². The summed E-state index contributed by atoms with van der Waals surface area (Å²) in [6, 6.07) is 0. The minimum Gasteiger partial charge on any atom is -0.469 e. The maximum absolute atomic E-state index is 11.6. The van der Waals surface area contributed by atoms with Gasteiger partial charge in [-0.3, -0.25) is 4.79 Å². The van der Waals surface area contributed by atoms with Crippen molar-refractivity contribution in [3.63, 3.8) is 0 Å². The van der Waals surface area contributed by atoms with Gasteiger partial charge < -0.3 is 4.74 Å². The Bertz CT molecular complexity index is 295. The Morgan fingerprint density at radius 2 is 1.80 bits per heavy atom. The molecule has 5 heteroatoms. The fourth-order valence-electron chi connectivity index (χ4n) is 1.27. The Morgan fingerprint density at radius 3 is 2.20 bits per heavy atom. The maximum atomic E-state index is 11.6. The lowest BCUT2D eigenvalue weighted by atomic mass is 10.2. The van der Waals surface area contributed by atoms with Crippen molar-refractivity contribution in [2.45, 2.75) is 27.2 Å². The first-order valence-corrected chi connectivity index (χ1v) is 6.92. The van der Waals surface area contributed by atoms with Crippen LogP contribution in [0.4, 0.5) is 0 Å². The van der Waals surface area contributed by atoms with Crippen LogP contribution in [0, 0.1) is 11.8 Å². The summed E-state index contributed by atoms with van der Waals surface area (Å²) in [5, 5.41) is 0. The molecule has 0 amide bonds. The summed E-state index contributed by atoms with van der Waals surface area (Å²) in [5.74, 6) is -0.888. The van der Waals surface area contributed by atoms with Crippen LogP contribution in [-0.2, 0) is 19.4 Å². The van der Waals surface area contributed by atoms with Crippen LogP contribution in [0.3, 0.4) is 0 Å². The van der Waals surface area contributed by atoms with E-state index in [1.165, 1.54) is 7.11 Å². The molecule has 0 saturated carbocycles. The third kappa shape index (κ3) is 5.77. The van der Waals surface area contributed by atoms with Gasteiger partial charge in [0.1, 0.15) is 0 Å². The Morgan fingerprint density at radius 1 is 1.27 bits per heavy atom. The molecule has 0 aromatic heterocycles. The first-order chi connectivity index (χ1) is 6.82. The highest BCUT2D eigenvalue weighted by molar-refractivity contribution is 7.91. The molecule has 0 aliphatic carbocycles. The van der Waals surface area contributed by atoms with Crippen LogP contribution in [0.5, 0.6) is 0 Å². The average Bonchev–Trinajstić information content (AvgIpc) is 2.14. The normalized spacial score (nSPS) is 15.7. The Hall–Kier alpha value is -0.580. The van der Waals surface area contributed by atoms with Crippen LogP contribution in [0.15, 0.2) is 0 Å². The molecule has 0 N–H and O–H groups in total. The average molecular weight is 236 g/mol. The zero-order valence-electron chi connectivity index (χ0n) is 9.82. The standard InChI is InChI=1S/C10H20O4S/c1-5-8(2)6-15(12,13)7-9(3)10(11)14-4/h8-9H,5-7H2,1-4H3. The van der Waals surface area contributed by atoms with E-state index in [4.69, 9.17) is 0 Å². The van der Waals surface area contributed by atoms with Crippen LogP contribution in [0.25, 0.3) is 0 Å². The predicted molar refractivity (Wildman–Crippen MR) is 59.3 cm³/mol. The number of sulfone groups is 1. The molecule has 0 saturated heterocycles. The third-order valence-electron chi connectivity index (χ3n) is 2.34. The second kappa shape index (κ2) is 6.10. The van der Waals surface area contributed by atoms with Crippen molar-refractivity contribution in [1.29, 1.82) is 0 Å². The molecule has 15 heavy (non-hydrogen) atoms. The molecular weight excluding hydrogens is 216 g/mol. The molecule has 2 atom stereocenters. The van der Waals surface area contributed by atoms with Crippen molar-refractivity contribution in [2.75, 3.05) is 18.6 Å². The minimum absolute atomic E-state index is 0.121. The number of hydrogen-bond donors (Lipinski definition) is 0. The summed E-state index contributed by atoms with van der Waals surface area (Å²) in [4.78, 5) is 11.1. The molecule has 0 bridgehead atoms. The Balaban J connectivity index is 4.32. The smallest absolute Gasteiger partial charge is 0.309 e. The van der Waals surface area contributed by atoms with Gasteiger partial charge in [-0.1, -0.05) is 27.2 Å². The van der Waals surface area contributed by atoms with Crippen molar-refractivity contribution >= 4 is 15.8 Å². The van der Waals surface area contributed by atoms with E-state index in [2.05, 4.69) is 4.74 Å². The molecule has 4 nitrogen and oxygen atoms in total. The van der Waals surface area contributed by atoms with E-state index in [9.17, 15) is 13.2 Å². The second-order valence-corrected chi connectivity index (χ2v) is 6.17. The van der Waals surface area contributed by atoms with E-state index in [1.807, 2.05) is 13.8 Å². The molecular formula is C10H20O4S. The first-order valence-electron chi connectivity index (χ1n) is 5.10. The number of carbonyl (C=O) groups excluding carboxylic acids is 1. The lowest BCUT2D eigenvalue weighted by Crippen LogP contribution is -2.26. The van der Waals surface area contributed by atoms with Crippen LogP contribution < -0.4 is 0 Å². The van der Waals surface area contributed by atoms with Gasteiger partial charge in [0, 0.05) is 0 Å². The van der Waals surface area contributed by atoms with E-state index in [0.717, 1.165) is 6.42 Å². The molecule has 0 aliphatic heterocycles. The summed E-state index contributed by atoms with van der Waals surface area (Å²) in [6.07, 6.45) is 0.825. The fraction of sp³-hybridized carbons (Fsp3) is 0.900. The lowest BCUT2D eigenvalue weighted by Gasteiger charge is -2.12. The van der Waals surface area contributed by atoms with Crippen LogP contribution >= 0.6 is 0 Å². The molecule has 0 fully saturated rings. The van der Waals surface area contributed by atoms with E-state index >= 15 is 0 Å². The zero-order valence-corrected chi connectivity index (χ0v) is 10.6. The highest BCUT2D eigenvalue weighted by Crippen LogP contribution is 2.10. The fourth-order valence-corrected chi connectivity index (χ4v) is 3.41. The van der Waals surface area contributed by atoms with Crippen molar-refractivity contribution in [3.05, 3.63) is 0 Å².